The van der Waals surface area contributed by atoms with Crippen LogP contribution in [0.5, 0.6) is 0 Å². The quantitative estimate of drug-likeness (QED) is 0.872. The number of hydrogen-bond acceptors (Lipinski definition) is 5. The predicted molar refractivity (Wildman–Crippen MR) is 74.4 cm³/mol. The molecule has 19 heavy (non-hydrogen) atoms. The first-order chi connectivity index (χ1) is 8.99. The number of nitrogens with zero attached hydrogens (tertiary/aromatic N) is 4. The second-order valence-corrected chi connectivity index (χ2v) is 4.89. The number of aromatic amines is 1. The number of H-pyrrole nitrogens is 1. The van der Waals surface area contributed by atoms with Crippen molar-refractivity contribution < 1.29 is 0 Å². The lowest BCUT2D eigenvalue weighted by Crippen LogP contribution is -2.23. The van der Waals surface area contributed by atoms with E-state index in [2.05, 4.69) is 39.0 Å². The summed E-state index contributed by atoms with van der Waals surface area (Å²) in [5.74, 6) is 0.306. The van der Waals surface area contributed by atoms with Crippen molar-refractivity contribution >= 4 is 5.95 Å². The molecule has 0 amide bonds. The van der Waals surface area contributed by atoms with E-state index in [0.29, 0.717) is 5.95 Å². The third kappa shape index (κ3) is 2.90. The molecular weight excluding hydrogens is 240 g/mol. The van der Waals surface area contributed by atoms with Gasteiger partial charge >= 0.3 is 0 Å². The van der Waals surface area contributed by atoms with E-state index in [1.165, 1.54) is 5.56 Å². The van der Waals surface area contributed by atoms with Gasteiger partial charge in [-0.05, 0) is 27.8 Å². The average molecular weight is 260 g/mol. The lowest BCUT2D eigenvalue weighted by molar-refractivity contribution is 0.251. The summed E-state index contributed by atoms with van der Waals surface area (Å²) in [5.41, 5.74) is 9.94. The first-order valence-electron chi connectivity index (χ1n) is 6.27. The van der Waals surface area contributed by atoms with Gasteiger partial charge in [0.1, 0.15) is 0 Å². The third-order valence-electron chi connectivity index (χ3n) is 3.42. The molecule has 2 aromatic rings. The molecule has 2 heterocycles. The number of aromatic nitrogens is 4. The van der Waals surface area contributed by atoms with E-state index >= 15 is 0 Å². The van der Waals surface area contributed by atoms with Crippen LogP contribution in [0.2, 0.25) is 0 Å². The highest BCUT2D eigenvalue weighted by Gasteiger charge is 2.18. The van der Waals surface area contributed by atoms with Crippen molar-refractivity contribution in [3.05, 3.63) is 34.9 Å². The van der Waals surface area contributed by atoms with Crippen LogP contribution in [0.3, 0.4) is 0 Å². The number of rotatable bonds is 4. The van der Waals surface area contributed by atoms with Gasteiger partial charge < -0.3 is 5.73 Å². The largest absolute Gasteiger partial charge is 0.368 e. The van der Waals surface area contributed by atoms with Crippen LogP contribution in [0.4, 0.5) is 5.95 Å². The number of aryl methyl sites for hydroxylation is 2. The summed E-state index contributed by atoms with van der Waals surface area (Å²) in [4.78, 5) is 10.3. The van der Waals surface area contributed by atoms with Crippen molar-refractivity contribution in [3.63, 3.8) is 0 Å². The van der Waals surface area contributed by atoms with Crippen LogP contribution in [0.15, 0.2) is 12.4 Å². The Morgan fingerprint density at radius 1 is 1.32 bits per heavy atom. The van der Waals surface area contributed by atoms with Gasteiger partial charge in [-0.15, -0.1) is 0 Å². The van der Waals surface area contributed by atoms with E-state index in [0.717, 1.165) is 23.5 Å². The van der Waals surface area contributed by atoms with Gasteiger partial charge in [-0.2, -0.15) is 5.10 Å². The minimum atomic E-state index is 0.274. The van der Waals surface area contributed by atoms with Gasteiger partial charge in [-0.3, -0.25) is 10.00 Å². The first-order valence-corrected chi connectivity index (χ1v) is 6.27. The fourth-order valence-electron chi connectivity index (χ4n) is 2.27. The summed E-state index contributed by atoms with van der Waals surface area (Å²) in [6.45, 7) is 7.01. The molecule has 102 valence electrons. The molecule has 0 aliphatic heterocycles. The molecule has 6 nitrogen and oxygen atoms in total. The Balaban J connectivity index is 2.11. The smallest absolute Gasteiger partial charge is 0.219 e. The zero-order valence-electron chi connectivity index (χ0n) is 11.8. The molecule has 0 aromatic carbocycles. The van der Waals surface area contributed by atoms with Gasteiger partial charge in [-0.1, -0.05) is 0 Å². The molecule has 2 rings (SSSR count). The first kappa shape index (κ1) is 13.5. The molecule has 0 radical (unpaired) electrons. The topological polar surface area (TPSA) is 83.7 Å². The summed E-state index contributed by atoms with van der Waals surface area (Å²) < 4.78 is 0. The SMILES string of the molecule is Cc1n[nH]c(C)c1[C@H](C)N(C)Cc1cnc(N)nc1. The summed E-state index contributed by atoms with van der Waals surface area (Å²) in [7, 11) is 2.08. The third-order valence-corrected chi connectivity index (χ3v) is 3.42. The predicted octanol–water partition coefficient (Wildman–Crippen LogP) is 1.59. The molecule has 0 aliphatic carbocycles. The Bertz CT molecular complexity index is 525. The van der Waals surface area contributed by atoms with Gasteiger partial charge in [0.05, 0.1) is 5.69 Å². The van der Waals surface area contributed by atoms with Gasteiger partial charge in [-0.25, -0.2) is 9.97 Å². The maximum atomic E-state index is 5.49. The Labute approximate surface area is 113 Å². The molecule has 0 saturated carbocycles. The maximum absolute atomic E-state index is 5.49. The van der Waals surface area contributed by atoms with Crippen LogP contribution < -0.4 is 5.73 Å². The van der Waals surface area contributed by atoms with Crippen LogP contribution >= 0.6 is 0 Å². The highest BCUT2D eigenvalue weighted by molar-refractivity contribution is 5.27. The molecule has 0 spiro atoms. The van der Waals surface area contributed by atoms with Crippen molar-refractivity contribution in [3.8, 4) is 0 Å². The van der Waals surface area contributed by atoms with Crippen LogP contribution in [0.25, 0.3) is 0 Å². The van der Waals surface area contributed by atoms with Crippen LogP contribution in [-0.2, 0) is 6.54 Å². The summed E-state index contributed by atoms with van der Waals surface area (Å²) in [6, 6.07) is 0.274. The summed E-state index contributed by atoms with van der Waals surface area (Å²) in [6.07, 6.45) is 3.53. The molecule has 0 fully saturated rings. The minimum absolute atomic E-state index is 0.274. The molecule has 2 aromatic heterocycles. The average Bonchev–Trinajstić information content (AvgIpc) is 2.71. The number of nitrogens with two attached hydrogens (primary N) is 1. The van der Waals surface area contributed by atoms with Crippen LogP contribution in [0, 0.1) is 13.8 Å². The summed E-state index contributed by atoms with van der Waals surface area (Å²) in [5, 5.41) is 7.27. The normalized spacial score (nSPS) is 12.9. The van der Waals surface area contributed by atoms with Crippen LogP contribution in [0.1, 0.15) is 35.5 Å². The van der Waals surface area contributed by atoms with Crippen molar-refractivity contribution in [2.24, 2.45) is 0 Å². The van der Waals surface area contributed by atoms with Crippen molar-refractivity contribution in [2.45, 2.75) is 33.4 Å². The Morgan fingerprint density at radius 3 is 2.47 bits per heavy atom. The Hall–Kier alpha value is -1.95. The highest BCUT2D eigenvalue weighted by atomic mass is 15.2. The Kier molecular flexibility index (Phi) is 3.80. The van der Waals surface area contributed by atoms with E-state index in [1.54, 1.807) is 12.4 Å². The minimum Gasteiger partial charge on any atom is -0.368 e. The fraction of sp³-hybridized carbons (Fsp3) is 0.462. The van der Waals surface area contributed by atoms with E-state index < -0.39 is 0 Å². The standard InChI is InChI=1S/C13H20N6/c1-8-12(9(2)18-17-8)10(3)19(4)7-11-5-15-13(14)16-6-11/h5-6,10H,7H2,1-4H3,(H,17,18)(H2,14,15,16)/t10-/m0/s1. The zero-order valence-corrected chi connectivity index (χ0v) is 11.8. The molecule has 0 unspecified atom stereocenters. The van der Waals surface area contributed by atoms with E-state index in [1.807, 2.05) is 13.8 Å². The fourth-order valence-corrected chi connectivity index (χ4v) is 2.27. The van der Waals surface area contributed by atoms with Crippen LogP contribution in [-0.4, -0.2) is 32.1 Å². The number of nitrogen functional groups attached to an aromatic ring is 1. The lowest BCUT2D eigenvalue weighted by Gasteiger charge is -2.25. The van der Waals surface area contributed by atoms with Gasteiger partial charge in [0.25, 0.3) is 0 Å². The van der Waals surface area contributed by atoms with Gasteiger partial charge in [0, 0.05) is 41.8 Å². The molecule has 0 saturated heterocycles. The second-order valence-electron chi connectivity index (χ2n) is 4.89. The van der Waals surface area contributed by atoms with Crippen molar-refractivity contribution in [1.29, 1.82) is 0 Å². The Morgan fingerprint density at radius 2 is 1.95 bits per heavy atom. The van der Waals surface area contributed by atoms with E-state index in [-0.39, 0.29) is 6.04 Å². The van der Waals surface area contributed by atoms with Crippen molar-refractivity contribution in [2.75, 3.05) is 12.8 Å². The molecule has 0 bridgehead atoms. The number of hydrogen-bond donors (Lipinski definition) is 2. The van der Waals surface area contributed by atoms with Gasteiger partial charge in [0.2, 0.25) is 5.95 Å². The van der Waals surface area contributed by atoms with Crippen molar-refractivity contribution in [1.82, 2.24) is 25.1 Å². The highest BCUT2D eigenvalue weighted by Crippen LogP contribution is 2.25. The number of nitrogens with one attached hydrogen (secondary N) is 1. The van der Waals surface area contributed by atoms with E-state index in [9.17, 15) is 0 Å². The molecular formula is C13H20N6. The second kappa shape index (κ2) is 5.36. The summed E-state index contributed by atoms with van der Waals surface area (Å²) >= 11 is 0. The molecule has 1 atom stereocenters. The molecule has 0 aliphatic rings. The number of anilines is 1. The monoisotopic (exact) mass is 260 g/mol. The molecule has 3 N–H and O–H groups in total. The lowest BCUT2D eigenvalue weighted by atomic mass is 10.1. The zero-order chi connectivity index (χ0) is 14.0. The molecule has 6 heteroatoms. The van der Waals surface area contributed by atoms with E-state index in [4.69, 9.17) is 5.73 Å². The maximum Gasteiger partial charge on any atom is 0.219 e. The van der Waals surface area contributed by atoms with Gasteiger partial charge in [0.15, 0.2) is 0 Å².